The van der Waals surface area contributed by atoms with Crippen molar-refractivity contribution in [1.29, 1.82) is 5.26 Å². The zero-order valence-corrected chi connectivity index (χ0v) is 24.6. The second-order valence-electron chi connectivity index (χ2n) is 10.4. The standard InChI is InChI=1S/C34H43N3OS/c1-5-27-17-19-30(20-18-27)34(25-35,26(2)3)22-12-23-36-33(38)31(21-24-39-4)37-32(28-13-8-6-9-14-28)29-15-10-7-11-16-29/h6-11,13-20,26,31-32,37H,5,12,21-24H2,1-4H3,(H,36,38)/t31-,34?/m0/s1. The van der Waals surface area contributed by atoms with Gasteiger partial charge in [0.05, 0.1) is 23.6 Å². The molecule has 0 aliphatic heterocycles. The molecular weight excluding hydrogens is 498 g/mol. The largest absolute Gasteiger partial charge is 0.355 e. The first-order chi connectivity index (χ1) is 18.9. The van der Waals surface area contributed by atoms with Crippen LogP contribution in [0.5, 0.6) is 0 Å². The van der Waals surface area contributed by atoms with E-state index in [1.165, 1.54) is 5.56 Å². The first kappa shape index (κ1) is 30.5. The van der Waals surface area contributed by atoms with Crippen LogP contribution in [0.1, 0.15) is 68.3 Å². The number of hydrogen-bond donors (Lipinski definition) is 2. The third kappa shape index (κ3) is 8.21. The van der Waals surface area contributed by atoms with Gasteiger partial charge in [-0.3, -0.25) is 10.1 Å². The summed E-state index contributed by atoms with van der Waals surface area (Å²) in [5, 5.41) is 17.1. The summed E-state index contributed by atoms with van der Waals surface area (Å²) in [4.78, 5) is 13.5. The van der Waals surface area contributed by atoms with Gasteiger partial charge in [0.15, 0.2) is 0 Å². The monoisotopic (exact) mass is 541 g/mol. The molecule has 0 saturated heterocycles. The van der Waals surface area contributed by atoms with Gasteiger partial charge in [0.1, 0.15) is 0 Å². The first-order valence-corrected chi connectivity index (χ1v) is 15.5. The lowest BCUT2D eigenvalue weighted by Crippen LogP contribution is -2.46. The highest BCUT2D eigenvalue weighted by Gasteiger charge is 2.35. The van der Waals surface area contributed by atoms with Crippen LogP contribution in [0.15, 0.2) is 84.9 Å². The summed E-state index contributed by atoms with van der Waals surface area (Å²) >= 11 is 1.75. The van der Waals surface area contributed by atoms with Gasteiger partial charge in [-0.1, -0.05) is 106 Å². The Bertz CT molecular complexity index is 1140. The number of aryl methyl sites for hydroxylation is 1. The van der Waals surface area contributed by atoms with Gasteiger partial charge in [-0.2, -0.15) is 17.0 Å². The van der Waals surface area contributed by atoms with E-state index in [2.05, 4.69) is 92.3 Å². The lowest BCUT2D eigenvalue weighted by Gasteiger charge is -2.32. The molecule has 0 aliphatic rings. The van der Waals surface area contributed by atoms with Gasteiger partial charge >= 0.3 is 0 Å². The van der Waals surface area contributed by atoms with Crippen molar-refractivity contribution in [3.63, 3.8) is 0 Å². The summed E-state index contributed by atoms with van der Waals surface area (Å²) in [7, 11) is 0. The molecule has 2 N–H and O–H groups in total. The number of rotatable bonds is 15. The second kappa shape index (κ2) is 15.5. The minimum Gasteiger partial charge on any atom is -0.355 e. The minimum absolute atomic E-state index is 0.0142. The highest BCUT2D eigenvalue weighted by molar-refractivity contribution is 7.98. The zero-order valence-electron chi connectivity index (χ0n) is 23.8. The van der Waals surface area contributed by atoms with Crippen molar-refractivity contribution in [2.45, 2.75) is 64.0 Å². The van der Waals surface area contributed by atoms with E-state index in [0.717, 1.165) is 41.7 Å². The predicted molar refractivity (Wildman–Crippen MR) is 165 cm³/mol. The van der Waals surface area contributed by atoms with E-state index in [4.69, 9.17) is 0 Å². The SMILES string of the molecule is CCc1ccc(C(C#N)(CCCNC(=O)[C@H](CCSC)NC(c2ccccc2)c2ccccc2)C(C)C)cc1. The van der Waals surface area contributed by atoms with E-state index >= 15 is 0 Å². The van der Waals surface area contributed by atoms with Crippen molar-refractivity contribution in [3.05, 3.63) is 107 Å². The van der Waals surface area contributed by atoms with Gasteiger partial charge in [0.25, 0.3) is 0 Å². The second-order valence-corrected chi connectivity index (χ2v) is 11.4. The van der Waals surface area contributed by atoms with E-state index in [1.807, 2.05) is 36.4 Å². The van der Waals surface area contributed by atoms with Crippen molar-refractivity contribution >= 4 is 17.7 Å². The summed E-state index contributed by atoms with van der Waals surface area (Å²) in [5.74, 6) is 1.07. The molecule has 1 unspecified atom stereocenters. The van der Waals surface area contributed by atoms with E-state index in [1.54, 1.807) is 11.8 Å². The normalized spacial score (nSPS) is 13.6. The van der Waals surface area contributed by atoms with Gasteiger partial charge in [0.2, 0.25) is 5.91 Å². The Morgan fingerprint density at radius 1 is 0.949 bits per heavy atom. The molecule has 0 heterocycles. The summed E-state index contributed by atoms with van der Waals surface area (Å²) in [6.45, 7) is 6.91. The number of carbonyl (C=O) groups excluding carboxylic acids is 1. The Morgan fingerprint density at radius 2 is 1.54 bits per heavy atom. The third-order valence-corrected chi connectivity index (χ3v) is 8.31. The van der Waals surface area contributed by atoms with Crippen LogP contribution >= 0.6 is 11.8 Å². The molecule has 3 aromatic carbocycles. The topological polar surface area (TPSA) is 64.9 Å². The minimum atomic E-state index is -0.570. The van der Waals surface area contributed by atoms with Crippen LogP contribution in [0.25, 0.3) is 0 Å². The van der Waals surface area contributed by atoms with Gasteiger partial charge in [0, 0.05) is 6.54 Å². The average molecular weight is 542 g/mol. The number of amides is 1. The number of nitriles is 1. The van der Waals surface area contributed by atoms with Crippen molar-refractivity contribution in [2.75, 3.05) is 18.6 Å². The Hall–Kier alpha value is -3.07. The van der Waals surface area contributed by atoms with Crippen LogP contribution in [0.4, 0.5) is 0 Å². The molecule has 5 heteroatoms. The van der Waals surface area contributed by atoms with Crippen LogP contribution < -0.4 is 10.6 Å². The quantitative estimate of drug-likeness (QED) is 0.202. The molecule has 1 amide bonds. The molecule has 0 aromatic heterocycles. The molecule has 0 fully saturated rings. The van der Waals surface area contributed by atoms with Crippen molar-refractivity contribution in [1.82, 2.24) is 10.6 Å². The maximum absolute atomic E-state index is 13.5. The fourth-order valence-corrected chi connectivity index (χ4v) is 5.63. The van der Waals surface area contributed by atoms with Gasteiger partial charge in [-0.05, 0) is 65.9 Å². The summed E-state index contributed by atoms with van der Waals surface area (Å²) in [6.07, 6.45) is 5.23. The number of hydrogen-bond acceptors (Lipinski definition) is 4. The van der Waals surface area contributed by atoms with Crippen LogP contribution in [0.3, 0.4) is 0 Å². The highest BCUT2D eigenvalue weighted by atomic mass is 32.2. The molecule has 3 rings (SSSR count). The van der Waals surface area contributed by atoms with Gasteiger partial charge < -0.3 is 5.32 Å². The molecule has 0 radical (unpaired) electrons. The fourth-order valence-electron chi connectivity index (χ4n) is 5.16. The van der Waals surface area contributed by atoms with Crippen LogP contribution in [0, 0.1) is 17.2 Å². The first-order valence-electron chi connectivity index (χ1n) is 14.1. The maximum atomic E-state index is 13.5. The van der Waals surface area contributed by atoms with Crippen molar-refractivity contribution in [2.24, 2.45) is 5.92 Å². The van der Waals surface area contributed by atoms with E-state index in [0.29, 0.717) is 13.0 Å². The molecule has 2 atom stereocenters. The molecule has 0 bridgehead atoms. The Kier molecular flexibility index (Phi) is 12.1. The molecule has 3 aromatic rings. The Labute approximate surface area is 239 Å². The molecular formula is C34H43N3OS. The number of thioether (sulfide) groups is 1. The average Bonchev–Trinajstić information content (AvgIpc) is 2.98. The molecule has 0 spiro atoms. The molecule has 0 aliphatic carbocycles. The van der Waals surface area contributed by atoms with Crippen molar-refractivity contribution in [3.8, 4) is 6.07 Å². The van der Waals surface area contributed by atoms with Crippen LogP contribution in [-0.4, -0.2) is 30.5 Å². The zero-order chi connectivity index (χ0) is 28.1. The van der Waals surface area contributed by atoms with E-state index in [-0.39, 0.29) is 23.9 Å². The Morgan fingerprint density at radius 3 is 2.03 bits per heavy atom. The Balaban J connectivity index is 1.69. The number of nitrogens with zero attached hydrogens (tertiary/aromatic N) is 1. The highest BCUT2D eigenvalue weighted by Crippen LogP contribution is 2.36. The third-order valence-electron chi connectivity index (χ3n) is 7.67. The van der Waals surface area contributed by atoms with Gasteiger partial charge in [-0.25, -0.2) is 0 Å². The molecule has 39 heavy (non-hydrogen) atoms. The number of benzene rings is 3. The predicted octanol–water partition coefficient (Wildman–Crippen LogP) is 7.06. The lowest BCUT2D eigenvalue weighted by atomic mass is 9.69. The fraction of sp³-hybridized carbons (Fsp3) is 0.412. The summed E-state index contributed by atoms with van der Waals surface area (Å²) < 4.78 is 0. The summed E-state index contributed by atoms with van der Waals surface area (Å²) in [6, 6.07) is 31.3. The molecule has 4 nitrogen and oxygen atoms in total. The molecule has 0 saturated carbocycles. The van der Waals surface area contributed by atoms with E-state index < -0.39 is 5.41 Å². The lowest BCUT2D eigenvalue weighted by molar-refractivity contribution is -0.123. The van der Waals surface area contributed by atoms with Crippen LogP contribution in [0.2, 0.25) is 0 Å². The maximum Gasteiger partial charge on any atom is 0.237 e. The number of nitrogens with one attached hydrogen (secondary N) is 2. The van der Waals surface area contributed by atoms with Gasteiger partial charge in [-0.15, -0.1) is 0 Å². The number of carbonyl (C=O) groups is 1. The van der Waals surface area contributed by atoms with E-state index in [9.17, 15) is 10.1 Å². The smallest absolute Gasteiger partial charge is 0.237 e. The van der Waals surface area contributed by atoms with Crippen molar-refractivity contribution < 1.29 is 4.79 Å². The molecule has 206 valence electrons. The van der Waals surface area contributed by atoms with Crippen LogP contribution in [-0.2, 0) is 16.6 Å². The summed E-state index contributed by atoms with van der Waals surface area (Å²) in [5.41, 5.74) is 4.04.